The number of fused-ring (bicyclic) bond motifs is 1. The van der Waals surface area contributed by atoms with Crippen LogP contribution < -0.4 is 10.6 Å². The largest absolute Gasteiger partial charge is 0.362 e. The number of morpholine rings is 1. The van der Waals surface area contributed by atoms with Crippen LogP contribution in [0.25, 0.3) is 0 Å². The summed E-state index contributed by atoms with van der Waals surface area (Å²) in [6, 6.07) is -1.84. The average molecular weight is 617 g/mol. The second-order valence-electron chi connectivity index (χ2n) is 15.3. The molecule has 11 heteroatoms. The molecule has 3 aliphatic rings. The molecule has 2 saturated heterocycles. The number of nitrogens with one attached hydrogen (secondary N) is 2. The van der Waals surface area contributed by atoms with Gasteiger partial charge in [-0.1, -0.05) is 74.8 Å². The van der Waals surface area contributed by atoms with Crippen molar-refractivity contribution in [3.05, 3.63) is 12.7 Å². The summed E-state index contributed by atoms with van der Waals surface area (Å²) in [7, 11) is 0. The van der Waals surface area contributed by atoms with Crippen LogP contribution >= 0.6 is 0 Å². The maximum Gasteiger partial charge on any atom is 0.289 e. The summed E-state index contributed by atoms with van der Waals surface area (Å²) in [5.41, 5.74) is -1.23. The third-order valence-electron chi connectivity index (χ3n) is 9.75. The number of nitrogens with zero attached hydrogens (tertiary/aromatic N) is 2. The Morgan fingerprint density at radius 1 is 1.05 bits per heavy atom. The number of imide groups is 1. The molecule has 0 aromatic rings. The Balaban J connectivity index is 1.96. The molecule has 2 N–H and O–H groups in total. The number of piperidine rings is 1. The summed E-state index contributed by atoms with van der Waals surface area (Å²) in [4.78, 5) is 82.5. The van der Waals surface area contributed by atoms with Crippen LogP contribution in [0.1, 0.15) is 75.2 Å². The fraction of sp³-hybridized carbons (Fsp3) is 0.758. The topological polar surface area (TPSA) is 142 Å². The van der Waals surface area contributed by atoms with E-state index >= 15 is 0 Å². The summed E-state index contributed by atoms with van der Waals surface area (Å²) < 4.78 is 5.11. The van der Waals surface area contributed by atoms with E-state index < -0.39 is 64.2 Å². The number of hydrogen-bond acceptors (Lipinski definition) is 7. The summed E-state index contributed by atoms with van der Waals surface area (Å²) in [6.45, 7) is 21.6. The van der Waals surface area contributed by atoms with Gasteiger partial charge in [-0.05, 0) is 40.4 Å². The van der Waals surface area contributed by atoms with Gasteiger partial charge in [-0.3, -0.25) is 33.7 Å². The number of carbonyl (C=O) groups excluding carboxylic acids is 6. The van der Waals surface area contributed by atoms with Gasteiger partial charge in [0.25, 0.3) is 17.7 Å². The lowest BCUT2D eigenvalue weighted by atomic mass is 9.63. The Bertz CT molecular complexity index is 1170. The molecule has 0 bridgehead atoms. The SMILES string of the molecule is C=CCNC(=O)C(=O)C(CCC)NC(=O)[C@@H]1[C@@H]2C(CN1C(=O)C([C@H](CN1C(=O)COCC1=O)C(C)(C)C)C(C)(C)C)C2(C)C. The molecule has 1 saturated carbocycles. The van der Waals surface area contributed by atoms with E-state index in [1.807, 2.05) is 48.5 Å². The van der Waals surface area contributed by atoms with E-state index in [2.05, 4.69) is 31.1 Å². The second kappa shape index (κ2) is 13.1. The van der Waals surface area contributed by atoms with Gasteiger partial charge in [0.1, 0.15) is 19.3 Å². The standard InChI is InChI=1S/C33H52N4O7/c1-11-13-21(27(40)29(42)34-14-12-2)35-28(41)26-24-20(33(24,9)10)16-37(26)30(43)25(32(6,7)8)19(31(3,4)5)15-36-22(38)17-44-18-23(36)39/h12,19-21,24-26H,2,11,13-18H2,1,3-10H3,(H,34,42)(H,35,41)/t19-,20?,21?,24-,25?,26-/m0/s1. The van der Waals surface area contributed by atoms with Crippen LogP contribution in [0, 0.1) is 39.9 Å². The lowest BCUT2D eigenvalue weighted by molar-refractivity contribution is -0.163. The number of amides is 5. The van der Waals surface area contributed by atoms with Crippen LogP contribution in [0.4, 0.5) is 0 Å². The van der Waals surface area contributed by atoms with Crippen LogP contribution in [0.5, 0.6) is 0 Å². The first-order chi connectivity index (χ1) is 20.3. The number of Topliss-reactive ketones (excluding diaryl/α,β-unsaturated/α-hetero) is 1. The van der Waals surface area contributed by atoms with Crippen LogP contribution in [0.2, 0.25) is 0 Å². The number of hydrogen-bond donors (Lipinski definition) is 2. The van der Waals surface area contributed by atoms with Crippen LogP contribution in [-0.4, -0.2) is 90.1 Å². The summed E-state index contributed by atoms with van der Waals surface area (Å²) >= 11 is 0. The van der Waals surface area contributed by atoms with Gasteiger partial charge in [-0.2, -0.15) is 0 Å². The first kappa shape index (κ1) is 35.4. The molecule has 246 valence electrons. The number of carbonyl (C=O) groups is 6. The van der Waals surface area contributed by atoms with E-state index in [4.69, 9.17) is 4.74 Å². The third-order valence-corrected chi connectivity index (χ3v) is 9.75. The van der Waals surface area contributed by atoms with Crippen molar-refractivity contribution in [2.45, 2.75) is 87.2 Å². The van der Waals surface area contributed by atoms with E-state index in [1.165, 1.54) is 11.0 Å². The molecular weight excluding hydrogens is 564 g/mol. The maximum absolute atomic E-state index is 14.7. The van der Waals surface area contributed by atoms with Crippen molar-refractivity contribution in [2.75, 3.05) is 32.8 Å². The van der Waals surface area contributed by atoms with Crippen molar-refractivity contribution >= 4 is 35.3 Å². The quantitative estimate of drug-likeness (QED) is 0.195. The second-order valence-corrected chi connectivity index (χ2v) is 15.3. The molecule has 3 fully saturated rings. The predicted molar refractivity (Wildman–Crippen MR) is 165 cm³/mol. The smallest absolute Gasteiger partial charge is 0.289 e. The number of likely N-dealkylation sites (tertiary alicyclic amines) is 1. The predicted octanol–water partition coefficient (Wildman–Crippen LogP) is 2.34. The van der Waals surface area contributed by atoms with Gasteiger partial charge in [-0.15, -0.1) is 6.58 Å². The molecule has 0 aromatic heterocycles. The minimum absolute atomic E-state index is 0.0636. The van der Waals surface area contributed by atoms with Crippen molar-refractivity contribution in [1.82, 2.24) is 20.4 Å². The number of rotatable bonds is 12. The Hall–Kier alpha value is -3.08. The van der Waals surface area contributed by atoms with E-state index in [9.17, 15) is 28.8 Å². The molecular formula is C33H52N4O7. The molecule has 2 heterocycles. The fourth-order valence-corrected chi connectivity index (χ4v) is 7.16. The lowest BCUT2D eigenvalue weighted by Crippen LogP contribution is -2.59. The van der Waals surface area contributed by atoms with E-state index in [1.54, 1.807) is 4.90 Å². The zero-order valence-electron chi connectivity index (χ0n) is 28.0. The van der Waals surface area contributed by atoms with Crippen LogP contribution in [0.15, 0.2) is 12.7 Å². The van der Waals surface area contributed by atoms with Crippen molar-refractivity contribution in [3.8, 4) is 0 Å². The molecule has 3 rings (SSSR count). The molecule has 5 amide bonds. The van der Waals surface area contributed by atoms with Gasteiger partial charge in [-0.25, -0.2) is 0 Å². The highest BCUT2D eigenvalue weighted by Gasteiger charge is 2.70. The van der Waals surface area contributed by atoms with Crippen molar-refractivity contribution < 1.29 is 33.5 Å². The van der Waals surface area contributed by atoms with Gasteiger partial charge >= 0.3 is 0 Å². The normalized spacial score (nSPS) is 25.1. The van der Waals surface area contributed by atoms with Gasteiger partial charge in [0, 0.05) is 25.6 Å². The molecule has 0 aromatic carbocycles. The highest BCUT2D eigenvalue weighted by molar-refractivity contribution is 6.38. The van der Waals surface area contributed by atoms with E-state index in [-0.39, 0.29) is 55.9 Å². The van der Waals surface area contributed by atoms with Crippen molar-refractivity contribution in [2.24, 2.45) is 39.9 Å². The van der Waals surface area contributed by atoms with Gasteiger partial charge < -0.3 is 20.3 Å². The maximum atomic E-state index is 14.7. The Morgan fingerprint density at radius 2 is 1.64 bits per heavy atom. The highest BCUT2D eigenvalue weighted by atomic mass is 16.5. The Morgan fingerprint density at radius 3 is 2.14 bits per heavy atom. The lowest BCUT2D eigenvalue weighted by Gasteiger charge is -2.47. The van der Waals surface area contributed by atoms with Gasteiger partial charge in [0.05, 0.1) is 6.04 Å². The monoisotopic (exact) mass is 616 g/mol. The number of ether oxygens (including phenoxy) is 1. The minimum Gasteiger partial charge on any atom is -0.362 e. The fourth-order valence-electron chi connectivity index (χ4n) is 7.16. The molecule has 11 nitrogen and oxygen atoms in total. The Kier molecular flexibility index (Phi) is 10.5. The van der Waals surface area contributed by atoms with Crippen molar-refractivity contribution in [1.29, 1.82) is 0 Å². The molecule has 0 radical (unpaired) electrons. The zero-order valence-corrected chi connectivity index (χ0v) is 28.0. The molecule has 2 aliphatic heterocycles. The number of ketones is 1. The molecule has 44 heavy (non-hydrogen) atoms. The molecule has 6 atom stereocenters. The third kappa shape index (κ3) is 7.24. The van der Waals surface area contributed by atoms with Crippen LogP contribution in [0.3, 0.4) is 0 Å². The average Bonchev–Trinajstić information content (AvgIpc) is 3.22. The van der Waals surface area contributed by atoms with E-state index in [0.29, 0.717) is 13.0 Å². The van der Waals surface area contributed by atoms with Crippen LogP contribution in [-0.2, 0) is 33.5 Å². The molecule has 0 spiro atoms. The first-order valence-electron chi connectivity index (χ1n) is 15.7. The Labute approximate surface area is 261 Å². The van der Waals surface area contributed by atoms with E-state index in [0.717, 1.165) is 0 Å². The molecule has 1 aliphatic carbocycles. The van der Waals surface area contributed by atoms with Gasteiger partial charge in [0.2, 0.25) is 17.6 Å². The zero-order chi connectivity index (χ0) is 33.4. The highest BCUT2D eigenvalue weighted by Crippen LogP contribution is 2.65. The van der Waals surface area contributed by atoms with Crippen molar-refractivity contribution in [3.63, 3.8) is 0 Å². The summed E-state index contributed by atoms with van der Waals surface area (Å²) in [5, 5.41) is 5.32. The minimum atomic E-state index is -1.02. The summed E-state index contributed by atoms with van der Waals surface area (Å²) in [6.07, 6.45) is 2.31. The van der Waals surface area contributed by atoms with Gasteiger partial charge in [0.15, 0.2) is 0 Å². The summed E-state index contributed by atoms with van der Waals surface area (Å²) in [5.74, 6) is -4.10. The molecule has 3 unspecified atom stereocenters. The first-order valence-corrected chi connectivity index (χ1v) is 15.7.